The van der Waals surface area contributed by atoms with Crippen LogP contribution in [0, 0.1) is 23.7 Å². The maximum atomic E-state index is 11.9. The van der Waals surface area contributed by atoms with Crippen molar-refractivity contribution in [2.45, 2.75) is 56.7 Å². The van der Waals surface area contributed by atoms with Gasteiger partial charge in [-0.1, -0.05) is 37.3 Å². The summed E-state index contributed by atoms with van der Waals surface area (Å²) in [7, 11) is 0. The van der Waals surface area contributed by atoms with Gasteiger partial charge in [0.2, 0.25) is 0 Å². The van der Waals surface area contributed by atoms with Crippen LogP contribution in [0.15, 0.2) is 42.5 Å². The van der Waals surface area contributed by atoms with Crippen LogP contribution >= 0.6 is 0 Å². The Balaban J connectivity index is 1.52. The molecule has 5 fully saturated rings. The summed E-state index contributed by atoms with van der Waals surface area (Å²) in [6, 6.07) is 14.6. The quantitative estimate of drug-likeness (QED) is 0.678. The van der Waals surface area contributed by atoms with E-state index < -0.39 is 11.6 Å². The fourth-order valence-corrected chi connectivity index (χ4v) is 8.40. The molecule has 1 saturated heterocycles. The standard InChI is InChI=1S/C27H29NO4/c1-2-18-6-5-9-23-25(18)27(21-7-3-4-8-22(21)28(23)15-24(29)30)26(31-32-27)19-11-16-10-17(13-19)14-20(26)12-16/h3-9,16-17,19-20H,2,10-15H2,1H3,(H,29,30). The Kier molecular flexibility index (Phi) is 3.80. The molecule has 1 atom stereocenters. The summed E-state index contributed by atoms with van der Waals surface area (Å²) in [5.74, 6) is 1.80. The summed E-state index contributed by atoms with van der Waals surface area (Å²) in [6.45, 7) is 2.10. The van der Waals surface area contributed by atoms with Gasteiger partial charge in [0.15, 0.2) is 5.60 Å². The largest absolute Gasteiger partial charge is 0.480 e. The summed E-state index contributed by atoms with van der Waals surface area (Å²) >= 11 is 0. The third kappa shape index (κ3) is 2.10. The van der Waals surface area contributed by atoms with Gasteiger partial charge >= 0.3 is 5.97 Å². The lowest BCUT2D eigenvalue weighted by Gasteiger charge is -2.71. The first-order chi connectivity index (χ1) is 15.6. The van der Waals surface area contributed by atoms with Crippen molar-refractivity contribution in [1.29, 1.82) is 0 Å². The van der Waals surface area contributed by atoms with Gasteiger partial charge in [0.1, 0.15) is 12.1 Å². The Labute approximate surface area is 188 Å². The van der Waals surface area contributed by atoms with Gasteiger partial charge in [0.05, 0.1) is 0 Å². The SMILES string of the molecule is CCc1cccc2c1C1(OOC13C1CC4CC(C1)CC3C4)c1ccccc1N2CC(=O)O. The van der Waals surface area contributed by atoms with E-state index in [2.05, 4.69) is 37.3 Å². The number of aryl methyl sites for hydroxylation is 1. The van der Waals surface area contributed by atoms with E-state index in [0.717, 1.165) is 40.8 Å². The van der Waals surface area contributed by atoms with Gasteiger partial charge < -0.3 is 10.0 Å². The third-order valence-corrected chi connectivity index (χ3v) is 9.23. The number of carbonyl (C=O) groups is 1. The number of para-hydroxylation sites is 1. The second-order valence-corrected chi connectivity index (χ2v) is 10.6. The van der Waals surface area contributed by atoms with E-state index in [-0.39, 0.29) is 12.1 Å². The maximum absolute atomic E-state index is 11.9. The summed E-state index contributed by atoms with van der Waals surface area (Å²) in [4.78, 5) is 26.6. The van der Waals surface area contributed by atoms with Crippen molar-refractivity contribution in [3.8, 4) is 0 Å². The van der Waals surface area contributed by atoms with Gasteiger partial charge in [0, 0.05) is 22.5 Å². The molecule has 1 unspecified atom stereocenters. The van der Waals surface area contributed by atoms with E-state index in [1.54, 1.807) is 0 Å². The fraction of sp³-hybridized carbons (Fsp3) is 0.519. The van der Waals surface area contributed by atoms with E-state index in [1.807, 2.05) is 17.0 Å². The van der Waals surface area contributed by atoms with Crippen molar-refractivity contribution in [3.05, 3.63) is 59.2 Å². The Morgan fingerprint density at radius 3 is 2.28 bits per heavy atom. The molecule has 1 N–H and O–H groups in total. The lowest BCUT2D eigenvalue weighted by molar-refractivity contribution is -0.583. The monoisotopic (exact) mass is 431 g/mol. The zero-order valence-corrected chi connectivity index (χ0v) is 18.4. The van der Waals surface area contributed by atoms with Gasteiger partial charge in [-0.15, -0.1) is 0 Å². The van der Waals surface area contributed by atoms with Crippen LogP contribution in [0.5, 0.6) is 0 Å². The molecule has 6 aliphatic rings. The molecule has 2 aromatic rings. The van der Waals surface area contributed by atoms with E-state index in [1.165, 1.54) is 37.7 Å². The first-order valence-electron chi connectivity index (χ1n) is 12.2. The van der Waals surface area contributed by atoms with Crippen molar-refractivity contribution in [1.82, 2.24) is 0 Å². The smallest absolute Gasteiger partial charge is 0.323 e. The van der Waals surface area contributed by atoms with E-state index in [9.17, 15) is 9.90 Å². The first-order valence-corrected chi connectivity index (χ1v) is 12.2. The van der Waals surface area contributed by atoms with Crippen LogP contribution in [0.4, 0.5) is 11.4 Å². The second-order valence-electron chi connectivity index (χ2n) is 10.6. The lowest BCUT2D eigenvalue weighted by Crippen LogP contribution is -2.77. The molecular weight excluding hydrogens is 402 g/mol. The number of hydrogen-bond donors (Lipinski definition) is 1. The average molecular weight is 432 g/mol. The zero-order valence-electron chi connectivity index (χ0n) is 18.4. The molecule has 5 heteroatoms. The minimum Gasteiger partial charge on any atom is -0.480 e. The molecule has 32 heavy (non-hydrogen) atoms. The van der Waals surface area contributed by atoms with E-state index in [0.29, 0.717) is 11.8 Å². The number of nitrogens with zero attached hydrogens (tertiary/aromatic N) is 1. The van der Waals surface area contributed by atoms with Crippen LogP contribution in [0.1, 0.15) is 55.7 Å². The van der Waals surface area contributed by atoms with Crippen molar-refractivity contribution in [2.75, 3.05) is 11.4 Å². The Morgan fingerprint density at radius 1 is 0.969 bits per heavy atom. The predicted octanol–water partition coefficient (Wildman–Crippen LogP) is 5.19. The summed E-state index contributed by atoms with van der Waals surface area (Å²) < 4.78 is 0. The highest BCUT2D eigenvalue weighted by molar-refractivity contribution is 5.86. The third-order valence-electron chi connectivity index (χ3n) is 9.23. The van der Waals surface area contributed by atoms with E-state index >= 15 is 0 Å². The molecule has 0 radical (unpaired) electrons. The fourth-order valence-electron chi connectivity index (χ4n) is 8.40. The zero-order chi connectivity index (χ0) is 21.7. The molecule has 166 valence electrons. The van der Waals surface area contributed by atoms with Crippen LogP contribution in [0.25, 0.3) is 0 Å². The molecule has 8 rings (SSSR count). The normalized spacial score (nSPS) is 38.0. The molecule has 2 aromatic carbocycles. The van der Waals surface area contributed by atoms with Gasteiger partial charge in [-0.2, -0.15) is 0 Å². The maximum Gasteiger partial charge on any atom is 0.323 e. The van der Waals surface area contributed by atoms with Crippen molar-refractivity contribution in [2.24, 2.45) is 23.7 Å². The number of anilines is 2. The summed E-state index contributed by atoms with van der Waals surface area (Å²) in [6.07, 6.45) is 7.15. The highest BCUT2D eigenvalue weighted by Gasteiger charge is 2.77. The molecule has 5 nitrogen and oxygen atoms in total. The lowest BCUT2D eigenvalue weighted by atomic mass is 9.43. The summed E-state index contributed by atoms with van der Waals surface area (Å²) in [5, 5.41) is 9.75. The van der Waals surface area contributed by atoms with Crippen LogP contribution in [-0.4, -0.2) is 23.2 Å². The summed E-state index contributed by atoms with van der Waals surface area (Å²) in [5.41, 5.74) is 4.32. The number of rotatable bonds is 3. The van der Waals surface area contributed by atoms with Gasteiger partial charge in [-0.05, 0) is 79.9 Å². The van der Waals surface area contributed by atoms with Gasteiger partial charge in [-0.25, -0.2) is 9.78 Å². The number of benzene rings is 2. The highest BCUT2D eigenvalue weighted by Crippen LogP contribution is 2.73. The number of hydrogen-bond acceptors (Lipinski definition) is 4. The number of carboxylic acid groups (broad SMARTS) is 1. The predicted molar refractivity (Wildman–Crippen MR) is 120 cm³/mol. The minimum absolute atomic E-state index is 0.0713. The molecule has 4 bridgehead atoms. The van der Waals surface area contributed by atoms with Gasteiger partial charge in [0.25, 0.3) is 0 Å². The van der Waals surface area contributed by atoms with Crippen LogP contribution in [-0.2, 0) is 26.6 Å². The van der Waals surface area contributed by atoms with Crippen LogP contribution in [0.3, 0.4) is 0 Å². The number of aliphatic carboxylic acids is 1. The average Bonchev–Trinajstić information content (AvgIpc) is 2.77. The van der Waals surface area contributed by atoms with Crippen molar-refractivity contribution in [3.63, 3.8) is 0 Å². The number of carboxylic acids is 1. The molecule has 2 aliphatic heterocycles. The molecule has 2 heterocycles. The van der Waals surface area contributed by atoms with Crippen LogP contribution < -0.4 is 4.90 Å². The topological polar surface area (TPSA) is 59.0 Å². The molecule has 0 amide bonds. The molecule has 2 spiro atoms. The Morgan fingerprint density at radius 2 is 1.66 bits per heavy atom. The highest BCUT2D eigenvalue weighted by atomic mass is 17.3. The molecule has 0 aromatic heterocycles. The first kappa shape index (κ1) is 19.1. The molecular formula is C27H29NO4. The van der Waals surface area contributed by atoms with Gasteiger partial charge in [-0.3, -0.25) is 4.79 Å². The molecule has 4 aliphatic carbocycles. The minimum atomic E-state index is -0.835. The number of fused-ring (bicyclic) bond motifs is 4. The van der Waals surface area contributed by atoms with Crippen molar-refractivity contribution < 1.29 is 19.7 Å². The molecule has 4 saturated carbocycles. The second kappa shape index (κ2) is 6.36. The Hall–Kier alpha value is -2.37. The van der Waals surface area contributed by atoms with Crippen molar-refractivity contribution >= 4 is 17.3 Å². The van der Waals surface area contributed by atoms with Crippen LogP contribution in [0.2, 0.25) is 0 Å². The Bertz CT molecular complexity index is 1100. The van der Waals surface area contributed by atoms with E-state index in [4.69, 9.17) is 9.78 Å².